The zero-order valence-corrected chi connectivity index (χ0v) is 7.16. The first-order chi connectivity index (χ1) is 5.11. The van der Waals surface area contributed by atoms with Gasteiger partial charge >= 0.3 is 0 Å². The first-order valence-corrected chi connectivity index (χ1v) is 4.16. The van der Waals surface area contributed by atoms with Crippen LogP contribution < -0.4 is 5.73 Å². The molecule has 0 aromatic rings. The molecule has 0 unspecified atom stereocenters. The lowest BCUT2D eigenvalue weighted by molar-refractivity contribution is -0.0823. The molecular weight excluding hydrogens is 142 g/mol. The second kappa shape index (κ2) is 3.52. The van der Waals surface area contributed by atoms with E-state index in [1.54, 1.807) is 0 Å². The Bertz CT molecular complexity index is 127. The van der Waals surface area contributed by atoms with Crippen molar-refractivity contribution in [2.24, 2.45) is 11.7 Å². The second-order valence-electron chi connectivity index (χ2n) is 3.58. The quantitative estimate of drug-likeness (QED) is 0.571. The first kappa shape index (κ1) is 8.97. The molecular formula is C8H17NO2. The van der Waals surface area contributed by atoms with Crippen LogP contribution in [0.3, 0.4) is 0 Å². The Kier molecular flexibility index (Phi) is 2.87. The van der Waals surface area contributed by atoms with Gasteiger partial charge in [-0.05, 0) is 12.3 Å². The highest BCUT2D eigenvalue weighted by molar-refractivity contribution is 4.82. The Morgan fingerprint density at radius 2 is 2.18 bits per heavy atom. The molecule has 0 radical (unpaired) electrons. The maximum atomic E-state index is 9.23. The van der Waals surface area contributed by atoms with E-state index in [9.17, 15) is 5.11 Å². The molecule has 11 heavy (non-hydrogen) atoms. The topological polar surface area (TPSA) is 55.5 Å². The van der Waals surface area contributed by atoms with E-state index in [4.69, 9.17) is 10.5 Å². The average molecular weight is 159 g/mol. The highest BCUT2D eigenvalue weighted by atomic mass is 16.5. The molecule has 3 N–H and O–H groups in total. The van der Waals surface area contributed by atoms with Crippen molar-refractivity contribution in [2.45, 2.75) is 38.5 Å². The van der Waals surface area contributed by atoms with Gasteiger partial charge in [0.25, 0.3) is 0 Å². The maximum absolute atomic E-state index is 9.23. The van der Waals surface area contributed by atoms with Crippen molar-refractivity contribution >= 4 is 0 Å². The van der Waals surface area contributed by atoms with E-state index in [2.05, 4.69) is 13.8 Å². The molecule has 0 aromatic carbocycles. The fourth-order valence-corrected chi connectivity index (χ4v) is 1.30. The summed E-state index contributed by atoms with van der Waals surface area (Å²) in [5.41, 5.74) is 5.68. The van der Waals surface area contributed by atoms with Crippen molar-refractivity contribution in [1.29, 1.82) is 0 Å². The molecule has 1 rings (SSSR count). The van der Waals surface area contributed by atoms with Crippen LogP contribution in [0.2, 0.25) is 0 Å². The molecule has 1 aliphatic rings. The normalized spacial score (nSPS) is 39.5. The number of hydrogen-bond acceptors (Lipinski definition) is 3. The van der Waals surface area contributed by atoms with Gasteiger partial charge in [-0.15, -0.1) is 0 Å². The minimum atomic E-state index is -0.468. The number of hydrogen-bond donors (Lipinski definition) is 2. The van der Waals surface area contributed by atoms with E-state index in [1.165, 1.54) is 0 Å². The molecule has 0 spiro atoms. The fourth-order valence-electron chi connectivity index (χ4n) is 1.30. The third kappa shape index (κ3) is 2.15. The van der Waals surface area contributed by atoms with Crippen LogP contribution in [0, 0.1) is 5.92 Å². The molecule has 1 aliphatic heterocycles. The summed E-state index contributed by atoms with van der Waals surface area (Å²) in [5, 5.41) is 9.23. The van der Waals surface area contributed by atoms with Gasteiger partial charge in [-0.3, -0.25) is 0 Å². The lowest BCUT2D eigenvalue weighted by Gasteiger charge is -2.33. The van der Waals surface area contributed by atoms with E-state index in [0.29, 0.717) is 12.5 Å². The van der Waals surface area contributed by atoms with Crippen LogP contribution in [0.15, 0.2) is 0 Å². The molecule has 0 aliphatic carbocycles. The molecule has 3 heteroatoms. The lowest BCUT2D eigenvalue weighted by Crippen LogP contribution is -2.47. The van der Waals surface area contributed by atoms with Gasteiger partial charge in [0.2, 0.25) is 0 Å². The van der Waals surface area contributed by atoms with Gasteiger partial charge in [0.05, 0.1) is 18.8 Å². The monoisotopic (exact) mass is 159 g/mol. The third-order valence-electron chi connectivity index (χ3n) is 2.22. The molecule has 1 heterocycles. The van der Waals surface area contributed by atoms with Gasteiger partial charge in [0.1, 0.15) is 0 Å². The Labute approximate surface area is 67.5 Å². The molecule has 0 saturated carbocycles. The molecule has 0 aromatic heterocycles. The summed E-state index contributed by atoms with van der Waals surface area (Å²) in [6.07, 6.45) is 0.539. The van der Waals surface area contributed by atoms with Crippen LogP contribution in [0.5, 0.6) is 0 Å². The van der Waals surface area contributed by atoms with Gasteiger partial charge in [0, 0.05) is 6.04 Å². The van der Waals surface area contributed by atoms with Crippen LogP contribution in [-0.4, -0.2) is 30.0 Å². The van der Waals surface area contributed by atoms with E-state index in [-0.39, 0.29) is 12.1 Å². The van der Waals surface area contributed by atoms with Gasteiger partial charge in [-0.2, -0.15) is 0 Å². The van der Waals surface area contributed by atoms with E-state index >= 15 is 0 Å². The third-order valence-corrected chi connectivity index (χ3v) is 2.22. The average Bonchev–Trinajstić information content (AvgIpc) is 1.94. The number of nitrogens with two attached hydrogens (primary N) is 1. The summed E-state index contributed by atoms with van der Waals surface area (Å²) in [5.74, 6) is 0.494. The summed E-state index contributed by atoms with van der Waals surface area (Å²) in [4.78, 5) is 0. The Morgan fingerprint density at radius 1 is 1.55 bits per heavy atom. The predicted octanol–water partition coefficient (Wildman–Crippen LogP) is 0.120. The van der Waals surface area contributed by atoms with E-state index < -0.39 is 6.10 Å². The zero-order chi connectivity index (χ0) is 8.43. The molecule has 1 saturated heterocycles. The highest BCUT2D eigenvalue weighted by Gasteiger charge is 2.28. The molecule has 0 bridgehead atoms. The summed E-state index contributed by atoms with van der Waals surface area (Å²) in [6, 6.07) is -0.101. The lowest BCUT2D eigenvalue weighted by atomic mass is 9.94. The summed E-state index contributed by atoms with van der Waals surface area (Å²) in [7, 11) is 0. The van der Waals surface area contributed by atoms with E-state index in [0.717, 1.165) is 6.42 Å². The van der Waals surface area contributed by atoms with Crippen molar-refractivity contribution < 1.29 is 9.84 Å². The van der Waals surface area contributed by atoms with Crippen molar-refractivity contribution in [3.8, 4) is 0 Å². The first-order valence-electron chi connectivity index (χ1n) is 4.16. The minimum Gasteiger partial charge on any atom is -0.389 e. The maximum Gasteiger partial charge on any atom is 0.0925 e. The molecule has 1 fully saturated rings. The molecule has 66 valence electrons. The van der Waals surface area contributed by atoms with Gasteiger partial charge in [-0.1, -0.05) is 13.8 Å². The standard InChI is InChI=1S/C8H17NO2/c1-5(2)8-3-6(9)7(10)4-11-8/h5-8,10H,3-4,9H2,1-2H3/t6-,7+,8+/m0/s1. The van der Waals surface area contributed by atoms with Crippen molar-refractivity contribution in [2.75, 3.05) is 6.61 Å². The predicted molar refractivity (Wildman–Crippen MR) is 43.2 cm³/mol. The number of aliphatic hydroxyl groups excluding tert-OH is 1. The van der Waals surface area contributed by atoms with E-state index in [1.807, 2.05) is 0 Å². The van der Waals surface area contributed by atoms with Crippen molar-refractivity contribution in [3.63, 3.8) is 0 Å². The second-order valence-corrected chi connectivity index (χ2v) is 3.58. The summed E-state index contributed by atoms with van der Waals surface area (Å²) >= 11 is 0. The van der Waals surface area contributed by atoms with Crippen LogP contribution in [-0.2, 0) is 4.74 Å². The van der Waals surface area contributed by atoms with Gasteiger partial charge in [-0.25, -0.2) is 0 Å². The van der Waals surface area contributed by atoms with Crippen LogP contribution in [0.25, 0.3) is 0 Å². The summed E-state index contributed by atoms with van der Waals surface area (Å²) in [6.45, 7) is 4.61. The Hall–Kier alpha value is -0.120. The smallest absolute Gasteiger partial charge is 0.0925 e. The highest BCUT2D eigenvalue weighted by Crippen LogP contribution is 2.18. The van der Waals surface area contributed by atoms with Crippen molar-refractivity contribution in [3.05, 3.63) is 0 Å². The van der Waals surface area contributed by atoms with Crippen LogP contribution >= 0.6 is 0 Å². The van der Waals surface area contributed by atoms with Gasteiger partial charge < -0.3 is 15.6 Å². The molecule has 0 amide bonds. The van der Waals surface area contributed by atoms with Crippen molar-refractivity contribution in [1.82, 2.24) is 0 Å². The Balaban J connectivity index is 2.40. The SMILES string of the molecule is CC(C)[C@H]1C[C@H](N)[C@H](O)CO1. The molecule has 3 atom stereocenters. The number of rotatable bonds is 1. The number of aliphatic hydroxyl groups is 1. The molecule has 3 nitrogen and oxygen atoms in total. The fraction of sp³-hybridized carbons (Fsp3) is 1.00. The largest absolute Gasteiger partial charge is 0.389 e. The van der Waals surface area contributed by atoms with Crippen LogP contribution in [0.1, 0.15) is 20.3 Å². The zero-order valence-electron chi connectivity index (χ0n) is 7.16. The summed E-state index contributed by atoms with van der Waals surface area (Å²) < 4.78 is 5.39. The minimum absolute atomic E-state index is 0.101. The number of ether oxygens (including phenoxy) is 1. The van der Waals surface area contributed by atoms with Crippen LogP contribution in [0.4, 0.5) is 0 Å². The van der Waals surface area contributed by atoms with Gasteiger partial charge in [0.15, 0.2) is 0 Å². The Morgan fingerprint density at radius 3 is 2.64 bits per heavy atom.